The van der Waals surface area contributed by atoms with E-state index in [4.69, 9.17) is 4.74 Å². The van der Waals surface area contributed by atoms with Gasteiger partial charge in [-0.2, -0.15) is 0 Å². The summed E-state index contributed by atoms with van der Waals surface area (Å²) in [6.45, 7) is 0.528. The summed E-state index contributed by atoms with van der Waals surface area (Å²) in [5.41, 5.74) is 2.69. The van der Waals surface area contributed by atoms with Crippen LogP contribution in [0.15, 0.2) is 54.6 Å². The summed E-state index contributed by atoms with van der Waals surface area (Å²) in [7, 11) is 4.00. The van der Waals surface area contributed by atoms with Crippen LogP contribution >= 0.6 is 15.9 Å². The molecule has 23 heavy (non-hydrogen) atoms. The Balaban J connectivity index is 2.12. The Labute approximate surface area is 145 Å². The van der Waals surface area contributed by atoms with Gasteiger partial charge in [-0.25, -0.2) is 0 Å². The highest BCUT2D eigenvalue weighted by Crippen LogP contribution is 2.20. The zero-order valence-corrected chi connectivity index (χ0v) is 14.9. The number of carbonyl (C=O) groups is 1. The first-order chi connectivity index (χ1) is 11.1. The number of hydrogen-bond acceptors (Lipinski definition) is 3. The number of anilines is 1. The van der Waals surface area contributed by atoms with Crippen molar-refractivity contribution >= 4 is 33.5 Å². The quantitative estimate of drug-likeness (QED) is 0.408. The van der Waals surface area contributed by atoms with Crippen LogP contribution < -0.4 is 9.64 Å². The second-order valence-electron chi connectivity index (χ2n) is 5.22. The molecule has 0 aliphatic carbocycles. The Hall–Kier alpha value is -2.07. The molecular weight excluding hydrogens is 354 g/mol. The lowest BCUT2D eigenvalue weighted by Crippen LogP contribution is -2.07. The summed E-state index contributed by atoms with van der Waals surface area (Å²) in [4.78, 5) is 14.4. The van der Waals surface area contributed by atoms with Crippen molar-refractivity contribution in [2.45, 2.75) is 0 Å². The molecule has 0 atom stereocenters. The van der Waals surface area contributed by atoms with E-state index in [1.54, 1.807) is 12.1 Å². The molecule has 0 saturated heterocycles. The average molecular weight is 374 g/mol. The third kappa shape index (κ3) is 4.96. The number of para-hydroxylation sites is 1. The van der Waals surface area contributed by atoms with Crippen molar-refractivity contribution in [2.75, 3.05) is 30.9 Å². The third-order valence-electron chi connectivity index (χ3n) is 3.32. The van der Waals surface area contributed by atoms with Gasteiger partial charge in [-0.05, 0) is 35.9 Å². The molecule has 0 aliphatic rings. The Morgan fingerprint density at radius 1 is 1.13 bits per heavy atom. The average Bonchev–Trinajstić information content (AvgIpc) is 2.58. The van der Waals surface area contributed by atoms with E-state index in [9.17, 15) is 4.79 Å². The summed E-state index contributed by atoms with van der Waals surface area (Å²) in [5, 5.41) is 0.726. The van der Waals surface area contributed by atoms with E-state index >= 15 is 0 Å². The number of benzene rings is 2. The van der Waals surface area contributed by atoms with Crippen molar-refractivity contribution in [3.63, 3.8) is 0 Å². The first-order valence-corrected chi connectivity index (χ1v) is 8.51. The van der Waals surface area contributed by atoms with Crippen molar-refractivity contribution in [3.8, 4) is 5.75 Å². The molecular formula is C19H20BrNO2. The van der Waals surface area contributed by atoms with Crippen molar-refractivity contribution in [1.29, 1.82) is 0 Å². The molecule has 0 N–H and O–H groups in total. The number of ketones is 1. The fraction of sp³-hybridized carbons (Fsp3) is 0.211. The molecule has 0 saturated carbocycles. The summed E-state index contributed by atoms with van der Waals surface area (Å²) in [6, 6.07) is 15.3. The van der Waals surface area contributed by atoms with Gasteiger partial charge in [-0.3, -0.25) is 4.79 Å². The van der Waals surface area contributed by atoms with Crippen molar-refractivity contribution in [3.05, 3.63) is 65.7 Å². The van der Waals surface area contributed by atoms with Gasteiger partial charge in [-0.15, -0.1) is 0 Å². The van der Waals surface area contributed by atoms with E-state index in [0.29, 0.717) is 17.9 Å². The largest absolute Gasteiger partial charge is 0.492 e. The van der Waals surface area contributed by atoms with E-state index in [1.165, 1.54) is 0 Å². The molecule has 2 aromatic rings. The number of allylic oxidation sites excluding steroid dienone is 1. The maximum absolute atomic E-state index is 12.4. The first-order valence-electron chi connectivity index (χ1n) is 7.39. The standard InChI is InChI=1S/C19H20BrNO2/c1-21(2)16-10-7-15(8-11-16)9-12-18(22)17-5-3-4-6-19(17)23-14-13-20/h3-12H,13-14H2,1-2H3. The molecule has 0 unspecified atom stereocenters. The molecule has 0 heterocycles. The predicted molar refractivity (Wildman–Crippen MR) is 99.9 cm³/mol. The van der Waals surface area contributed by atoms with Gasteiger partial charge in [0.15, 0.2) is 5.78 Å². The number of hydrogen-bond donors (Lipinski definition) is 0. The SMILES string of the molecule is CN(C)c1ccc(C=CC(=O)c2ccccc2OCCBr)cc1. The molecule has 3 nitrogen and oxygen atoms in total. The zero-order valence-electron chi connectivity index (χ0n) is 13.3. The van der Waals surface area contributed by atoms with Gasteiger partial charge in [0.25, 0.3) is 0 Å². The molecule has 0 amide bonds. The fourth-order valence-corrected chi connectivity index (χ4v) is 2.25. The van der Waals surface area contributed by atoms with Crippen molar-refractivity contribution < 1.29 is 9.53 Å². The van der Waals surface area contributed by atoms with Crippen LogP contribution in [-0.2, 0) is 0 Å². The summed E-state index contributed by atoms with van der Waals surface area (Å²) >= 11 is 3.32. The summed E-state index contributed by atoms with van der Waals surface area (Å²) in [6.07, 6.45) is 3.41. The van der Waals surface area contributed by atoms with Gasteiger partial charge in [0, 0.05) is 25.1 Å². The minimum Gasteiger partial charge on any atom is -0.492 e. The number of nitrogens with zero attached hydrogens (tertiary/aromatic N) is 1. The van der Waals surface area contributed by atoms with E-state index in [2.05, 4.69) is 15.9 Å². The number of rotatable bonds is 7. The van der Waals surface area contributed by atoms with Crippen LogP contribution in [0.5, 0.6) is 5.75 Å². The zero-order chi connectivity index (χ0) is 16.7. The molecule has 2 rings (SSSR count). The monoisotopic (exact) mass is 373 g/mol. The normalized spacial score (nSPS) is 10.7. The van der Waals surface area contributed by atoms with Crippen LogP contribution in [0, 0.1) is 0 Å². The molecule has 120 valence electrons. The van der Waals surface area contributed by atoms with Crippen LogP contribution in [0.4, 0.5) is 5.69 Å². The highest BCUT2D eigenvalue weighted by Gasteiger charge is 2.09. The van der Waals surface area contributed by atoms with Gasteiger partial charge in [0.05, 0.1) is 12.2 Å². The molecule has 0 aliphatic heterocycles. The smallest absolute Gasteiger partial charge is 0.189 e. The Kier molecular flexibility index (Phi) is 6.41. The topological polar surface area (TPSA) is 29.5 Å². The number of halogens is 1. The minimum absolute atomic E-state index is 0.0631. The third-order valence-corrected chi connectivity index (χ3v) is 3.65. The van der Waals surface area contributed by atoms with Crippen LogP contribution in [0.3, 0.4) is 0 Å². The van der Waals surface area contributed by atoms with Gasteiger partial charge in [-0.1, -0.05) is 46.3 Å². The summed E-state index contributed by atoms with van der Waals surface area (Å²) in [5.74, 6) is 0.552. The van der Waals surface area contributed by atoms with Crippen LogP contribution in [0.2, 0.25) is 0 Å². The Morgan fingerprint density at radius 2 is 1.83 bits per heavy atom. The lowest BCUT2D eigenvalue weighted by atomic mass is 10.1. The van der Waals surface area contributed by atoms with Gasteiger partial charge < -0.3 is 9.64 Å². The summed E-state index contributed by atoms with van der Waals surface area (Å²) < 4.78 is 5.59. The fourth-order valence-electron chi connectivity index (χ4n) is 2.09. The second-order valence-corrected chi connectivity index (χ2v) is 6.01. The van der Waals surface area contributed by atoms with Crippen molar-refractivity contribution in [1.82, 2.24) is 0 Å². The highest BCUT2D eigenvalue weighted by atomic mass is 79.9. The van der Waals surface area contributed by atoms with E-state index in [-0.39, 0.29) is 5.78 Å². The van der Waals surface area contributed by atoms with E-state index < -0.39 is 0 Å². The van der Waals surface area contributed by atoms with Crippen molar-refractivity contribution in [2.24, 2.45) is 0 Å². The lowest BCUT2D eigenvalue weighted by molar-refractivity contribution is 0.104. The molecule has 0 aromatic heterocycles. The first kappa shape index (κ1) is 17.3. The van der Waals surface area contributed by atoms with E-state index in [1.807, 2.05) is 67.5 Å². The van der Waals surface area contributed by atoms with Crippen LogP contribution in [-0.4, -0.2) is 31.8 Å². The maximum Gasteiger partial charge on any atom is 0.189 e. The molecule has 0 bridgehead atoms. The van der Waals surface area contributed by atoms with Gasteiger partial charge in [0.2, 0.25) is 0 Å². The Morgan fingerprint density at radius 3 is 2.48 bits per heavy atom. The van der Waals surface area contributed by atoms with Crippen LogP contribution in [0.25, 0.3) is 6.08 Å². The lowest BCUT2D eigenvalue weighted by Gasteiger charge is -2.11. The van der Waals surface area contributed by atoms with Gasteiger partial charge >= 0.3 is 0 Å². The molecule has 0 radical (unpaired) electrons. The van der Waals surface area contributed by atoms with Gasteiger partial charge in [0.1, 0.15) is 5.75 Å². The maximum atomic E-state index is 12.4. The van der Waals surface area contributed by atoms with Crippen LogP contribution in [0.1, 0.15) is 15.9 Å². The highest BCUT2D eigenvalue weighted by molar-refractivity contribution is 9.09. The predicted octanol–water partition coefficient (Wildman–Crippen LogP) is 4.42. The van der Waals surface area contributed by atoms with E-state index in [0.717, 1.165) is 16.6 Å². The number of alkyl halides is 1. The number of ether oxygens (including phenoxy) is 1. The second kappa shape index (κ2) is 8.53. The molecule has 0 spiro atoms. The number of carbonyl (C=O) groups excluding carboxylic acids is 1. The molecule has 2 aromatic carbocycles. The Bertz CT molecular complexity index is 678. The molecule has 4 heteroatoms. The minimum atomic E-state index is -0.0631. The molecule has 0 fully saturated rings.